The number of halogens is 3. The zero-order chi connectivity index (χ0) is 14.8. The molecule has 0 bridgehead atoms. The van der Waals surface area contributed by atoms with Gasteiger partial charge in [0, 0.05) is 12.1 Å². The topological polar surface area (TPSA) is 52.4 Å². The van der Waals surface area contributed by atoms with Crippen molar-refractivity contribution >= 4 is 5.69 Å². The van der Waals surface area contributed by atoms with Gasteiger partial charge in [-0.3, -0.25) is 10.1 Å². The Morgan fingerprint density at radius 1 is 1.00 bits per heavy atom. The smallest absolute Gasteiger partial charge is 0.416 e. The molecule has 0 saturated carbocycles. The SMILES string of the molecule is O=[N+]([O-])c1ccc(Oc2cccc(C(F)(F)F)c2)cc1. The van der Waals surface area contributed by atoms with Crippen LogP contribution in [0, 0.1) is 10.1 Å². The summed E-state index contributed by atoms with van der Waals surface area (Å²) < 4.78 is 42.8. The quantitative estimate of drug-likeness (QED) is 0.619. The summed E-state index contributed by atoms with van der Waals surface area (Å²) in [5.74, 6) is 0.226. The first-order valence-corrected chi connectivity index (χ1v) is 5.46. The minimum absolute atomic E-state index is 0.00804. The molecule has 0 unspecified atom stereocenters. The van der Waals surface area contributed by atoms with Gasteiger partial charge in [-0.15, -0.1) is 0 Å². The van der Waals surface area contributed by atoms with Crippen molar-refractivity contribution < 1.29 is 22.8 Å². The van der Waals surface area contributed by atoms with Crippen LogP contribution in [0.3, 0.4) is 0 Å². The van der Waals surface area contributed by atoms with Gasteiger partial charge in [-0.1, -0.05) is 6.07 Å². The van der Waals surface area contributed by atoms with Gasteiger partial charge in [-0.05, 0) is 30.3 Å². The molecule has 0 atom stereocenters. The predicted molar refractivity (Wildman–Crippen MR) is 64.6 cm³/mol. The lowest BCUT2D eigenvalue weighted by molar-refractivity contribution is -0.384. The van der Waals surface area contributed by atoms with E-state index in [0.29, 0.717) is 0 Å². The number of nitro benzene ring substituents is 1. The van der Waals surface area contributed by atoms with E-state index in [4.69, 9.17) is 4.74 Å². The van der Waals surface area contributed by atoms with E-state index in [0.717, 1.165) is 12.1 Å². The summed E-state index contributed by atoms with van der Waals surface area (Å²) in [6.45, 7) is 0. The Labute approximate surface area is 111 Å². The molecule has 0 spiro atoms. The van der Waals surface area contributed by atoms with Crippen LogP contribution in [0.25, 0.3) is 0 Å². The van der Waals surface area contributed by atoms with E-state index in [1.165, 1.54) is 36.4 Å². The number of nitrogens with zero attached hydrogens (tertiary/aromatic N) is 1. The van der Waals surface area contributed by atoms with E-state index in [2.05, 4.69) is 0 Å². The van der Waals surface area contributed by atoms with Crippen molar-refractivity contribution in [2.45, 2.75) is 6.18 Å². The maximum atomic E-state index is 12.5. The molecule has 0 aromatic heterocycles. The second-order valence-electron chi connectivity index (χ2n) is 3.88. The molecular formula is C13H8F3NO3. The molecule has 104 valence electrons. The van der Waals surface area contributed by atoms with Crippen LogP contribution in [0.5, 0.6) is 11.5 Å². The molecular weight excluding hydrogens is 275 g/mol. The monoisotopic (exact) mass is 283 g/mol. The molecule has 0 amide bonds. The normalized spacial score (nSPS) is 11.2. The number of benzene rings is 2. The first kappa shape index (κ1) is 13.9. The van der Waals surface area contributed by atoms with Crippen molar-refractivity contribution in [3.63, 3.8) is 0 Å². The molecule has 2 aromatic rings. The Balaban J connectivity index is 2.20. The van der Waals surface area contributed by atoms with Gasteiger partial charge in [0.2, 0.25) is 0 Å². The summed E-state index contributed by atoms with van der Waals surface area (Å²) in [6, 6.07) is 9.45. The summed E-state index contributed by atoms with van der Waals surface area (Å²) in [4.78, 5) is 9.89. The maximum Gasteiger partial charge on any atom is 0.416 e. The lowest BCUT2D eigenvalue weighted by atomic mass is 10.2. The van der Waals surface area contributed by atoms with E-state index in [-0.39, 0.29) is 17.2 Å². The molecule has 4 nitrogen and oxygen atoms in total. The molecule has 2 rings (SSSR count). The van der Waals surface area contributed by atoms with Crippen LogP contribution in [0.1, 0.15) is 5.56 Å². The zero-order valence-corrected chi connectivity index (χ0v) is 9.92. The van der Waals surface area contributed by atoms with Crippen LogP contribution in [-0.4, -0.2) is 4.92 Å². The van der Waals surface area contributed by atoms with E-state index < -0.39 is 16.7 Å². The standard InChI is InChI=1S/C13H8F3NO3/c14-13(15,16)9-2-1-3-12(8-9)20-11-6-4-10(5-7-11)17(18)19/h1-8H. The van der Waals surface area contributed by atoms with Crippen LogP contribution in [0.15, 0.2) is 48.5 Å². The summed E-state index contributed by atoms with van der Waals surface area (Å²) in [6.07, 6.45) is -4.45. The van der Waals surface area contributed by atoms with Crippen LogP contribution in [-0.2, 0) is 6.18 Å². The van der Waals surface area contributed by atoms with Gasteiger partial charge in [0.05, 0.1) is 10.5 Å². The molecule has 0 aliphatic heterocycles. The van der Waals surface area contributed by atoms with Crippen molar-refractivity contribution in [3.05, 3.63) is 64.2 Å². The van der Waals surface area contributed by atoms with Crippen molar-refractivity contribution in [1.29, 1.82) is 0 Å². The highest BCUT2D eigenvalue weighted by Gasteiger charge is 2.30. The van der Waals surface area contributed by atoms with Gasteiger partial charge < -0.3 is 4.74 Å². The van der Waals surface area contributed by atoms with Crippen LogP contribution >= 0.6 is 0 Å². The predicted octanol–water partition coefficient (Wildman–Crippen LogP) is 4.41. The Morgan fingerprint density at radius 2 is 1.65 bits per heavy atom. The number of ether oxygens (including phenoxy) is 1. The van der Waals surface area contributed by atoms with Gasteiger partial charge in [-0.2, -0.15) is 13.2 Å². The fourth-order valence-corrected chi connectivity index (χ4v) is 1.51. The lowest BCUT2D eigenvalue weighted by Gasteiger charge is -2.09. The molecule has 20 heavy (non-hydrogen) atoms. The molecule has 0 fully saturated rings. The number of non-ortho nitro benzene ring substituents is 1. The Hall–Kier alpha value is -2.57. The summed E-state index contributed by atoms with van der Waals surface area (Å²) in [7, 11) is 0. The van der Waals surface area contributed by atoms with Gasteiger partial charge in [0.1, 0.15) is 11.5 Å². The van der Waals surface area contributed by atoms with Crippen LogP contribution in [0.2, 0.25) is 0 Å². The second-order valence-corrected chi connectivity index (χ2v) is 3.88. The molecule has 0 aliphatic carbocycles. The van der Waals surface area contributed by atoms with E-state index in [1.807, 2.05) is 0 Å². The summed E-state index contributed by atoms with van der Waals surface area (Å²) in [5, 5.41) is 10.5. The number of alkyl halides is 3. The fourth-order valence-electron chi connectivity index (χ4n) is 1.51. The molecule has 0 heterocycles. The van der Waals surface area contributed by atoms with Crippen LogP contribution in [0.4, 0.5) is 18.9 Å². The van der Waals surface area contributed by atoms with Crippen LogP contribution < -0.4 is 4.74 Å². The molecule has 0 aliphatic rings. The zero-order valence-electron chi connectivity index (χ0n) is 9.92. The highest BCUT2D eigenvalue weighted by molar-refractivity contribution is 5.39. The van der Waals surface area contributed by atoms with E-state index in [1.54, 1.807) is 0 Å². The first-order chi connectivity index (χ1) is 9.36. The minimum atomic E-state index is -4.45. The molecule has 7 heteroatoms. The maximum absolute atomic E-state index is 12.5. The Kier molecular flexibility index (Phi) is 3.60. The number of hydrogen-bond donors (Lipinski definition) is 0. The van der Waals surface area contributed by atoms with Gasteiger partial charge in [0.15, 0.2) is 0 Å². The number of hydrogen-bond acceptors (Lipinski definition) is 3. The third kappa shape index (κ3) is 3.25. The van der Waals surface area contributed by atoms with Crippen molar-refractivity contribution in [1.82, 2.24) is 0 Å². The largest absolute Gasteiger partial charge is 0.457 e. The summed E-state index contributed by atoms with van der Waals surface area (Å²) >= 11 is 0. The van der Waals surface area contributed by atoms with Crippen molar-refractivity contribution in [3.8, 4) is 11.5 Å². The highest BCUT2D eigenvalue weighted by atomic mass is 19.4. The molecule has 0 N–H and O–H groups in total. The van der Waals surface area contributed by atoms with E-state index in [9.17, 15) is 23.3 Å². The average Bonchev–Trinajstić information content (AvgIpc) is 2.38. The second kappa shape index (κ2) is 5.20. The third-order valence-corrected chi connectivity index (χ3v) is 2.44. The fraction of sp³-hybridized carbons (Fsp3) is 0.0769. The van der Waals surface area contributed by atoms with Gasteiger partial charge in [0.25, 0.3) is 5.69 Å². The first-order valence-electron chi connectivity index (χ1n) is 5.46. The third-order valence-electron chi connectivity index (χ3n) is 2.44. The Bertz CT molecular complexity index is 624. The molecule has 0 saturated heterocycles. The number of nitro groups is 1. The van der Waals surface area contributed by atoms with Crippen molar-refractivity contribution in [2.75, 3.05) is 0 Å². The van der Waals surface area contributed by atoms with Gasteiger partial charge in [-0.25, -0.2) is 0 Å². The summed E-state index contributed by atoms with van der Waals surface area (Å²) in [5.41, 5.74) is -0.946. The number of rotatable bonds is 3. The average molecular weight is 283 g/mol. The van der Waals surface area contributed by atoms with Crippen molar-refractivity contribution in [2.24, 2.45) is 0 Å². The highest BCUT2D eigenvalue weighted by Crippen LogP contribution is 2.32. The van der Waals surface area contributed by atoms with Gasteiger partial charge >= 0.3 is 6.18 Å². The lowest BCUT2D eigenvalue weighted by Crippen LogP contribution is -2.04. The minimum Gasteiger partial charge on any atom is -0.457 e. The molecule has 0 radical (unpaired) electrons. The van der Waals surface area contributed by atoms with E-state index >= 15 is 0 Å². The molecule has 2 aromatic carbocycles. The Morgan fingerprint density at radius 3 is 2.20 bits per heavy atom.